The molecule has 1 heterocycles. The summed E-state index contributed by atoms with van der Waals surface area (Å²) in [5, 5.41) is 3.06. The van der Waals surface area contributed by atoms with Crippen LogP contribution >= 0.6 is 0 Å². The molecule has 0 aliphatic carbocycles. The zero-order valence-electron chi connectivity index (χ0n) is 11.4. The second-order valence-corrected chi connectivity index (χ2v) is 5.13. The van der Waals surface area contributed by atoms with Gasteiger partial charge in [-0.05, 0) is 24.5 Å². The van der Waals surface area contributed by atoms with Crippen LogP contribution in [0.4, 0.5) is 0 Å². The lowest BCUT2D eigenvalue weighted by Crippen LogP contribution is -2.39. The van der Waals surface area contributed by atoms with Crippen molar-refractivity contribution in [2.45, 2.75) is 32.4 Å². The van der Waals surface area contributed by atoms with Crippen LogP contribution in [0.3, 0.4) is 0 Å². The van der Waals surface area contributed by atoms with Gasteiger partial charge in [0.1, 0.15) is 0 Å². The summed E-state index contributed by atoms with van der Waals surface area (Å²) in [6.07, 6.45) is 1.42. The first-order valence-corrected chi connectivity index (χ1v) is 6.84. The van der Waals surface area contributed by atoms with Crippen molar-refractivity contribution in [2.24, 2.45) is 11.7 Å². The molecular formula is C15H22N2O2. The Kier molecular flexibility index (Phi) is 4.93. The summed E-state index contributed by atoms with van der Waals surface area (Å²) in [5.41, 5.74) is 7.73. The minimum atomic E-state index is 0.0558. The van der Waals surface area contributed by atoms with E-state index in [1.54, 1.807) is 0 Å². The molecule has 2 atom stereocenters. The molecule has 1 fully saturated rings. The zero-order valence-corrected chi connectivity index (χ0v) is 11.4. The average Bonchev–Trinajstić information content (AvgIpc) is 2.93. The van der Waals surface area contributed by atoms with E-state index >= 15 is 0 Å². The van der Waals surface area contributed by atoms with E-state index in [1.165, 1.54) is 0 Å². The third kappa shape index (κ3) is 3.78. The normalized spacial score (nSPS) is 20.2. The molecule has 3 N–H and O–H groups in total. The third-order valence-corrected chi connectivity index (χ3v) is 3.75. The summed E-state index contributed by atoms with van der Waals surface area (Å²) < 4.78 is 5.35. The van der Waals surface area contributed by atoms with E-state index in [-0.39, 0.29) is 11.9 Å². The molecular weight excluding hydrogens is 240 g/mol. The van der Waals surface area contributed by atoms with Gasteiger partial charge in [-0.3, -0.25) is 4.79 Å². The predicted octanol–water partition coefficient (Wildman–Crippen LogP) is 1.23. The maximum absolute atomic E-state index is 12.1. The maximum atomic E-state index is 12.1. The van der Waals surface area contributed by atoms with E-state index in [0.29, 0.717) is 18.9 Å². The smallest absolute Gasteiger partial charge is 0.224 e. The minimum Gasteiger partial charge on any atom is -0.381 e. The van der Waals surface area contributed by atoms with Gasteiger partial charge in [0.05, 0.1) is 13.0 Å². The number of hydrogen-bond acceptors (Lipinski definition) is 3. The van der Waals surface area contributed by atoms with Gasteiger partial charge in [0, 0.05) is 25.1 Å². The predicted molar refractivity (Wildman–Crippen MR) is 74.6 cm³/mol. The highest BCUT2D eigenvalue weighted by molar-refractivity contribution is 5.79. The van der Waals surface area contributed by atoms with Crippen LogP contribution < -0.4 is 11.1 Å². The van der Waals surface area contributed by atoms with Crippen LogP contribution in [0.2, 0.25) is 0 Å². The summed E-state index contributed by atoms with van der Waals surface area (Å²) in [7, 11) is 0. The number of nitrogens with one attached hydrogen (secondary N) is 1. The standard InChI is InChI=1S/C15H22N2O2/c1-11(14-6-7-19-10-14)17-15(18)8-12-4-2-3-5-13(12)9-16/h2-5,11,14H,6-10,16H2,1H3,(H,17,18). The number of carbonyl (C=O) groups is 1. The van der Waals surface area contributed by atoms with Gasteiger partial charge in [0.2, 0.25) is 5.91 Å². The molecule has 1 aromatic carbocycles. The number of rotatable bonds is 5. The molecule has 1 amide bonds. The van der Waals surface area contributed by atoms with Crippen LogP contribution in [0.5, 0.6) is 0 Å². The Morgan fingerprint density at radius 1 is 1.47 bits per heavy atom. The van der Waals surface area contributed by atoms with Crippen LogP contribution in [0, 0.1) is 5.92 Å². The molecule has 0 spiro atoms. The van der Waals surface area contributed by atoms with Gasteiger partial charge < -0.3 is 15.8 Å². The molecule has 19 heavy (non-hydrogen) atoms. The van der Waals surface area contributed by atoms with E-state index in [1.807, 2.05) is 31.2 Å². The number of benzene rings is 1. The number of carbonyl (C=O) groups excluding carboxylic acids is 1. The van der Waals surface area contributed by atoms with E-state index in [0.717, 1.165) is 30.8 Å². The second kappa shape index (κ2) is 6.68. The molecule has 1 aliphatic heterocycles. The van der Waals surface area contributed by atoms with Gasteiger partial charge in [0.25, 0.3) is 0 Å². The molecule has 4 heteroatoms. The Balaban J connectivity index is 1.89. The molecule has 2 unspecified atom stereocenters. The van der Waals surface area contributed by atoms with Crippen molar-refractivity contribution in [3.8, 4) is 0 Å². The fourth-order valence-electron chi connectivity index (χ4n) is 2.47. The van der Waals surface area contributed by atoms with Gasteiger partial charge in [-0.2, -0.15) is 0 Å². The van der Waals surface area contributed by atoms with Gasteiger partial charge >= 0.3 is 0 Å². The lowest BCUT2D eigenvalue weighted by Gasteiger charge is -2.19. The first-order chi connectivity index (χ1) is 9.20. The summed E-state index contributed by atoms with van der Waals surface area (Å²) >= 11 is 0. The van der Waals surface area contributed by atoms with Crippen LogP contribution in [0.25, 0.3) is 0 Å². The summed E-state index contributed by atoms with van der Waals surface area (Å²) in [5.74, 6) is 0.494. The largest absolute Gasteiger partial charge is 0.381 e. The van der Waals surface area contributed by atoms with Crippen LogP contribution in [0.15, 0.2) is 24.3 Å². The molecule has 4 nitrogen and oxygen atoms in total. The molecule has 0 saturated carbocycles. The van der Waals surface area contributed by atoms with Gasteiger partial charge in [-0.15, -0.1) is 0 Å². The second-order valence-electron chi connectivity index (χ2n) is 5.13. The summed E-state index contributed by atoms with van der Waals surface area (Å²) in [4.78, 5) is 12.1. The Labute approximate surface area is 114 Å². The number of nitrogens with two attached hydrogens (primary N) is 1. The fraction of sp³-hybridized carbons (Fsp3) is 0.533. The Hall–Kier alpha value is -1.39. The monoisotopic (exact) mass is 262 g/mol. The lowest BCUT2D eigenvalue weighted by molar-refractivity contribution is -0.121. The van der Waals surface area contributed by atoms with E-state index in [9.17, 15) is 4.79 Å². The third-order valence-electron chi connectivity index (χ3n) is 3.75. The van der Waals surface area contributed by atoms with E-state index in [2.05, 4.69) is 5.32 Å². The van der Waals surface area contributed by atoms with Crippen LogP contribution in [-0.4, -0.2) is 25.2 Å². The van der Waals surface area contributed by atoms with E-state index < -0.39 is 0 Å². The van der Waals surface area contributed by atoms with Crippen molar-refractivity contribution in [3.63, 3.8) is 0 Å². The Morgan fingerprint density at radius 2 is 2.21 bits per heavy atom. The first kappa shape index (κ1) is 14.0. The van der Waals surface area contributed by atoms with Crippen LogP contribution in [0.1, 0.15) is 24.5 Å². The zero-order chi connectivity index (χ0) is 13.7. The van der Waals surface area contributed by atoms with Crippen molar-refractivity contribution in [3.05, 3.63) is 35.4 Å². The Morgan fingerprint density at radius 3 is 2.84 bits per heavy atom. The van der Waals surface area contributed by atoms with Gasteiger partial charge in [-0.25, -0.2) is 0 Å². The van der Waals surface area contributed by atoms with E-state index in [4.69, 9.17) is 10.5 Å². The quantitative estimate of drug-likeness (QED) is 0.839. The van der Waals surface area contributed by atoms with Gasteiger partial charge in [-0.1, -0.05) is 24.3 Å². The minimum absolute atomic E-state index is 0.0558. The first-order valence-electron chi connectivity index (χ1n) is 6.84. The molecule has 104 valence electrons. The van der Waals surface area contributed by atoms with Crippen molar-refractivity contribution in [1.29, 1.82) is 0 Å². The van der Waals surface area contributed by atoms with Crippen LogP contribution in [-0.2, 0) is 22.5 Å². The number of ether oxygens (including phenoxy) is 1. The summed E-state index contributed by atoms with van der Waals surface area (Å²) in [6.45, 7) is 4.07. The average molecular weight is 262 g/mol. The highest BCUT2D eigenvalue weighted by atomic mass is 16.5. The molecule has 0 radical (unpaired) electrons. The molecule has 0 bridgehead atoms. The molecule has 2 rings (SSSR count). The molecule has 1 saturated heterocycles. The highest BCUT2D eigenvalue weighted by Crippen LogP contribution is 2.16. The van der Waals surface area contributed by atoms with Crippen molar-refractivity contribution in [1.82, 2.24) is 5.32 Å². The SMILES string of the molecule is CC(NC(=O)Cc1ccccc1CN)C1CCOC1. The fourth-order valence-corrected chi connectivity index (χ4v) is 2.47. The molecule has 1 aliphatic rings. The molecule has 0 aromatic heterocycles. The van der Waals surface area contributed by atoms with Crippen molar-refractivity contribution < 1.29 is 9.53 Å². The van der Waals surface area contributed by atoms with Gasteiger partial charge in [0.15, 0.2) is 0 Å². The topological polar surface area (TPSA) is 64.4 Å². The Bertz CT molecular complexity index is 428. The summed E-state index contributed by atoms with van der Waals surface area (Å²) in [6, 6.07) is 7.99. The maximum Gasteiger partial charge on any atom is 0.224 e. The lowest BCUT2D eigenvalue weighted by atomic mass is 9.99. The number of amides is 1. The number of hydrogen-bond donors (Lipinski definition) is 2. The highest BCUT2D eigenvalue weighted by Gasteiger charge is 2.23. The molecule has 1 aromatic rings. The van der Waals surface area contributed by atoms with Crippen molar-refractivity contribution in [2.75, 3.05) is 13.2 Å². The van der Waals surface area contributed by atoms with Crippen molar-refractivity contribution >= 4 is 5.91 Å².